The van der Waals surface area contributed by atoms with Crippen LogP contribution in [0.2, 0.25) is 0 Å². The Balaban J connectivity index is 1.83. The SMILES string of the molecule is CCCCN1C(=O)C(=O)/C(=C(/O)c2ccc(OC)cc2)C1c1ccc2c(c1)OCO2. The van der Waals surface area contributed by atoms with E-state index < -0.39 is 17.7 Å². The van der Waals surface area contributed by atoms with Crippen LogP contribution in [0.3, 0.4) is 0 Å². The number of hydrogen-bond donors (Lipinski definition) is 1. The summed E-state index contributed by atoms with van der Waals surface area (Å²) in [5.74, 6) is 0.278. The molecule has 0 saturated carbocycles. The van der Waals surface area contributed by atoms with E-state index in [9.17, 15) is 14.7 Å². The zero-order chi connectivity index (χ0) is 21.3. The predicted molar refractivity (Wildman–Crippen MR) is 109 cm³/mol. The minimum Gasteiger partial charge on any atom is -0.507 e. The topological polar surface area (TPSA) is 85.3 Å². The lowest BCUT2D eigenvalue weighted by Gasteiger charge is -2.25. The van der Waals surface area contributed by atoms with Crippen molar-refractivity contribution in [3.63, 3.8) is 0 Å². The standard InChI is InChI=1S/C23H23NO6/c1-3-4-11-24-20(15-7-10-17-18(12-15)30-13-29-17)19(22(26)23(24)27)21(25)14-5-8-16(28-2)9-6-14/h5-10,12,20,25H,3-4,11,13H2,1-2H3/b21-19+. The molecule has 0 spiro atoms. The van der Waals surface area contributed by atoms with Crippen molar-refractivity contribution in [3.05, 3.63) is 59.2 Å². The fraction of sp³-hybridized carbons (Fsp3) is 0.304. The number of aliphatic hydroxyl groups excluding tert-OH is 1. The Bertz CT molecular complexity index is 1010. The molecule has 7 heteroatoms. The Labute approximate surface area is 174 Å². The number of Topliss-reactive ketones (excluding diaryl/α,β-unsaturated/α-hetero) is 1. The third-order valence-electron chi connectivity index (χ3n) is 5.37. The molecule has 4 rings (SSSR count). The maximum absolute atomic E-state index is 12.9. The molecule has 2 aromatic rings. The number of aliphatic hydroxyl groups is 1. The molecular formula is C23H23NO6. The molecule has 1 fully saturated rings. The van der Waals surface area contributed by atoms with Crippen molar-refractivity contribution >= 4 is 17.4 Å². The minimum atomic E-state index is -0.701. The molecule has 156 valence electrons. The fourth-order valence-electron chi connectivity index (χ4n) is 3.77. The number of ketones is 1. The van der Waals surface area contributed by atoms with E-state index in [0.717, 1.165) is 12.8 Å². The molecule has 1 N–H and O–H groups in total. The highest BCUT2D eigenvalue weighted by Crippen LogP contribution is 2.43. The second kappa shape index (κ2) is 8.10. The molecular weight excluding hydrogens is 386 g/mol. The van der Waals surface area contributed by atoms with E-state index in [1.807, 2.05) is 6.92 Å². The zero-order valence-electron chi connectivity index (χ0n) is 16.9. The average Bonchev–Trinajstić information content (AvgIpc) is 3.34. The van der Waals surface area contributed by atoms with Crippen LogP contribution in [0.1, 0.15) is 36.9 Å². The molecule has 2 heterocycles. The maximum Gasteiger partial charge on any atom is 0.295 e. The first-order valence-electron chi connectivity index (χ1n) is 9.87. The monoisotopic (exact) mass is 409 g/mol. The number of unbranched alkanes of at least 4 members (excludes halogenated alkanes) is 1. The number of methoxy groups -OCH3 is 1. The summed E-state index contributed by atoms with van der Waals surface area (Å²) in [6.45, 7) is 2.56. The Morgan fingerprint density at radius 1 is 1.13 bits per heavy atom. The van der Waals surface area contributed by atoms with Crippen LogP contribution in [0.4, 0.5) is 0 Å². The minimum absolute atomic E-state index is 0.0696. The molecule has 1 unspecified atom stereocenters. The molecule has 2 aliphatic rings. The van der Waals surface area contributed by atoms with Gasteiger partial charge in [0.25, 0.3) is 11.7 Å². The molecule has 0 radical (unpaired) electrons. The third-order valence-corrected chi connectivity index (χ3v) is 5.37. The van der Waals surface area contributed by atoms with Crippen molar-refractivity contribution in [2.24, 2.45) is 0 Å². The summed E-state index contributed by atoms with van der Waals surface area (Å²) in [7, 11) is 1.55. The van der Waals surface area contributed by atoms with E-state index in [4.69, 9.17) is 14.2 Å². The van der Waals surface area contributed by atoms with Gasteiger partial charge in [-0.05, 0) is 48.4 Å². The van der Waals surface area contributed by atoms with Crippen molar-refractivity contribution in [3.8, 4) is 17.2 Å². The number of carbonyl (C=O) groups excluding carboxylic acids is 2. The first-order valence-corrected chi connectivity index (χ1v) is 9.87. The normalized spacial score (nSPS) is 19.4. The number of rotatable bonds is 6. The summed E-state index contributed by atoms with van der Waals surface area (Å²) in [5, 5.41) is 11.0. The van der Waals surface area contributed by atoms with Gasteiger partial charge in [0.2, 0.25) is 6.79 Å². The van der Waals surface area contributed by atoms with Crippen molar-refractivity contribution < 1.29 is 28.9 Å². The number of nitrogens with zero attached hydrogens (tertiary/aromatic N) is 1. The highest BCUT2D eigenvalue weighted by atomic mass is 16.7. The third kappa shape index (κ3) is 3.36. The number of benzene rings is 2. The van der Waals surface area contributed by atoms with Crippen LogP contribution >= 0.6 is 0 Å². The second-order valence-electron chi connectivity index (χ2n) is 7.19. The molecule has 0 bridgehead atoms. The van der Waals surface area contributed by atoms with Crippen molar-refractivity contribution in [1.82, 2.24) is 4.90 Å². The highest BCUT2D eigenvalue weighted by molar-refractivity contribution is 6.46. The van der Waals surface area contributed by atoms with Gasteiger partial charge >= 0.3 is 0 Å². The molecule has 0 aromatic heterocycles. The van der Waals surface area contributed by atoms with Gasteiger partial charge in [0.05, 0.1) is 18.7 Å². The molecule has 1 saturated heterocycles. The van der Waals surface area contributed by atoms with E-state index in [-0.39, 0.29) is 18.1 Å². The first-order chi connectivity index (χ1) is 14.5. The van der Waals surface area contributed by atoms with Crippen LogP contribution in [-0.4, -0.2) is 42.1 Å². The highest BCUT2D eigenvalue weighted by Gasteiger charge is 2.46. The van der Waals surface area contributed by atoms with Gasteiger partial charge in [-0.15, -0.1) is 0 Å². The van der Waals surface area contributed by atoms with E-state index in [1.165, 1.54) is 4.90 Å². The second-order valence-corrected chi connectivity index (χ2v) is 7.19. The van der Waals surface area contributed by atoms with Gasteiger partial charge in [-0.3, -0.25) is 9.59 Å². The van der Waals surface area contributed by atoms with E-state index in [0.29, 0.717) is 34.9 Å². The zero-order valence-corrected chi connectivity index (χ0v) is 16.9. The number of ether oxygens (including phenoxy) is 3. The summed E-state index contributed by atoms with van der Waals surface area (Å²) >= 11 is 0. The van der Waals surface area contributed by atoms with Crippen LogP contribution in [0.5, 0.6) is 17.2 Å². The maximum atomic E-state index is 12.9. The Kier molecular flexibility index (Phi) is 5.35. The number of fused-ring (bicyclic) bond motifs is 1. The van der Waals surface area contributed by atoms with Crippen LogP contribution < -0.4 is 14.2 Å². The van der Waals surface area contributed by atoms with Crippen molar-refractivity contribution in [2.75, 3.05) is 20.4 Å². The summed E-state index contributed by atoms with van der Waals surface area (Å²) in [6.07, 6.45) is 1.62. The van der Waals surface area contributed by atoms with Crippen molar-refractivity contribution in [1.29, 1.82) is 0 Å². The fourth-order valence-corrected chi connectivity index (χ4v) is 3.77. The smallest absolute Gasteiger partial charge is 0.295 e. The predicted octanol–water partition coefficient (Wildman–Crippen LogP) is 3.65. The van der Waals surface area contributed by atoms with Gasteiger partial charge in [0.15, 0.2) is 11.5 Å². The van der Waals surface area contributed by atoms with Crippen LogP contribution in [0.25, 0.3) is 5.76 Å². The number of likely N-dealkylation sites (tertiary alicyclic amines) is 1. The number of carbonyl (C=O) groups is 2. The van der Waals surface area contributed by atoms with Gasteiger partial charge in [-0.2, -0.15) is 0 Å². The van der Waals surface area contributed by atoms with Crippen LogP contribution in [-0.2, 0) is 9.59 Å². The molecule has 1 atom stereocenters. The van der Waals surface area contributed by atoms with Gasteiger partial charge < -0.3 is 24.2 Å². The summed E-state index contributed by atoms with van der Waals surface area (Å²) in [6, 6.07) is 11.3. The molecule has 0 aliphatic carbocycles. The largest absolute Gasteiger partial charge is 0.507 e. The quantitative estimate of drug-likeness (QED) is 0.445. The van der Waals surface area contributed by atoms with Crippen LogP contribution in [0, 0.1) is 0 Å². The van der Waals surface area contributed by atoms with Crippen LogP contribution in [0.15, 0.2) is 48.0 Å². The van der Waals surface area contributed by atoms with E-state index in [1.54, 1.807) is 49.6 Å². The Morgan fingerprint density at radius 3 is 2.57 bits per heavy atom. The summed E-state index contributed by atoms with van der Waals surface area (Å²) in [5.41, 5.74) is 1.19. The Morgan fingerprint density at radius 2 is 1.87 bits per heavy atom. The summed E-state index contributed by atoms with van der Waals surface area (Å²) in [4.78, 5) is 27.3. The first kappa shape index (κ1) is 19.8. The number of hydrogen-bond acceptors (Lipinski definition) is 6. The molecule has 1 amide bonds. The average molecular weight is 409 g/mol. The van der Waals surface area contributed by atoms with Gasteiger partial charge in [-0.25, -0.2) is 0 Å². The lowest BCUT2D eigenvalue weighted by atomic mass is 9.95. The molecule has 30 heavy (non-hydrogen) atoms. The summed E-state index contributed by atoms with van der Waals surface area (Å²) < 4.78 is 16.0. The Hall–Kier alpha value is -3.48. The number of amides is 1. The van der Waals surface area contributed by atoms with E-state index >= 15 is 0 Å². The van der Waals surface area contributed by atoms with E-state index in [2.05, 4.69) is 0 Å². The molecule has 7 nitrogen and oxygen atoms in total. The van der Waals surface area contributed by atoms with Gasteiger partial charge in [0.1, 0.15) is 11.5 Å². The van der Waals surface area contributed by atoms with Crippen molar-refractivity contribution in [2.45, 2.75) is 25.8 Å². The van der Waals surface area contributed by atoms with Gasteiger partial charge in [-0.1, -0.05) is 19.4 Å². The molecule has 2 aromatic carbocycles. The molecule has 2 aliphatic heterocycles. The lowest BCUT2D eigenvalue weighted by molar-refractivity contribution is -0.139. The van der Waals surface area contributed by atoms with Gasteiger partial charge in [0, 0.05) is 12.1 Å². The lowest BCUT2D eigenvalue weighted by Crippen LogP contribution is -2.30.